The van der Waals surface area contributed by atoms with Crippen molar-refractivity contribution in [1.82, 2.24) is 0 Å². The fourth-order valence-electron chi connectivity index (χ4n) is 1.40. The summed E-state index contributed by atoms with van der Waals surface area (Å²) in [5.41, 5.74) is 7.93. The van der Waals surface area contributed by atoms with Crippen LogP contribution in [-0.4, -0.2) is 5.97 Å². The van der Waals surface area contributed by atoms with E-state index in [0.29, 0.717) is 5.56 Å². The molecule has 0 atom stereocenters. The molecular weight excluding hydrogens is 192 g/mol. The Bertz CT molecular complexity index is 350. The Balaban J connectivity index is 2.85. The fraction of sp³-hybridized carbons (Fsp3) is 0.364. The van der Waals surface area contributed by atoms with Gasteiger partial charge in [0, 0.05) is 5.28 Å². The molecule has 80 valence electrons. The number of rotatable bonds is 5. The van der Waals surface area contributed by atoms with E-state index >= 15 is 0 Å². The predicted octanol–water partition coefficient (Wildman–Crippen LogP) is 3.13. The number of hydrogen-bond donors (Lipinski definition) is 1. The highest BCUT2D eigenvalue weighted by molar-refractivity contribution is 5.90. The molecule has 0 unspecified atom stereocenters. The first-order chi connectivity index (χ1) is 7.29. The van der Waals surface area contributed by atoms with Crippen LogP contribution in [0, 0.1) is 5.53 Å². The van der Waals surface area contributed by atoms with Crippen LogP contribution in [-0.2, 0) is 11.3 Å². The number of carbonyl (C=O) groups is 1. The molecule has 1 N–H and O–H groups in total. The molecule has 0 spiro atoms. The van der Waals surface area contributed by atoms with Crippen LogP contribution in [0.1, 0.15) is 35.7 Å². The lowest BCUT2D eigenvalue weighted by molar-refractivity contribution is 0.0465. The highest BCUT2D eigenvalue weighted by atomic mass is 16.7. The van der Waals surface area contributed by atoms with E-state index in [2.05, 4.69) is 17.0 Å². The third-order valence-corrected chi connectivity index (χ3v) is 2.17. The molecule has 0 amide bonds. The Labute approximate surface area is 88.7 Å². The Morgan fingerprint density at radius 1 is 1.47 bits per heavy atom. The third-order valence-electron chi connectivity index (χ3n) is 2.17. The highest BCUT2D eigenvalue weighted by Crippen LogP contribution is 2.13. The van der Waals surface area contributed by atoms with Crippen LogP contribution in [0.15, 0.2) is 29.5 Å². The molecule has 0 aliphatic rings. The number of benzene rings is 1. The molecule has 0 saturated heterocycles. The summed E-state index contributed by atoms with van der Waals surface area (Å²) < 4.78 is 0. The fourth-order valence-corrected chi connectivity index (χ4v) is 1.40. The summed E-state index contributed by atoms with van der Waals surface area (Å²) in [5, 5.41) is 2.63. The van der Waals surface area contributed by atoms with Crippen molar-refractivity contribution in [3.63, 3.8) is 0 Å². The maximum Gasteiger partial charge on any atom is 0.367 e. The number of unbranched alkanes of at least 4 members (excludes halogenated alkanes) is 1. The lowest BCUT2D eigenvalue weighted by Gasteiger charge is -2.05. The van der Waals surface area contributed by atoms with E-state index < -0.39 is 5.97 Å². The second-order valence-corrected chi connectivity index (χ2v) is 3.23. The first kappa shape index (κ1) is 11.4. The Morgan fingerprint density at radius 3 is 2.87 bits per heavy atom. The molecule has 0 aliphatic carbocycles. The van der Waals surface area contributed by atoms with Gasteiger partial charge in [-0.25, -0.2) is 4.79 Å². The van der Waals surface area contributed by atoms with Crippen LogP contribution in [0.3, 0.4) is 0 Å². The molecule has 4 nitrogen and oxygen atoms in total. The first-order valence-corrected chi connectivity index (χ1v) is 4.95. The lowest BCUT2D eigenvalue weighted by atomic mass is 10.0. The molecule has 1 rings (SSSR count). The van der Waals surface area contributed by atoms with Crippen molar-refractivity contribution in [2.45, 2.75) is 26.2 Å². The van der Waals surface area contributed by atoms with Gasteiger partial charge in [0.2, 0.25) is 0 Å². The maximum atomic E-state index is 11.4. The van der Waals surface area contributed by atoms with Crippen molar-refractivity contribution in [2.24, 2.45) is 5.28 Å². The minimum atomic E-state index is -0.559. The molecule has 0 aliphatic heterocycles. The number of carbonyl (C=O) groups excluding carboxylic acids is 1. The third kappa shape index (κ3) is 3.16. The number of nitrogens with zero attached hydrogens (tertiary/aromatic N) is 1. The second-order valence-electron chi connectivity index (χ2n) is 3.23. The predicted molar refractivity (Wildman–Crippen MR) is 55.6 cm³/mol. The van der Waals surface area contributed by atoms with E-state index in [-0.39, 0.29) is 0 Å². The van der Waals surface area contributed by atoms with Crippen molar-refractivity contribution in [3.05, 3.63) is 35.4 Å². The SMILES string of the molecule is CCCCc1ccccc1C(=O)ON=N. The highest BCUT2D eigenvalue weighted by Gasteiger charge is 2.11. The minimum absolute atomic E-state index is 0.502. The van der Waals surface area contributed by atoms with Crippen molar-refractivity contribution in [2.75, 3.05) is 0 Å². The monoisotopic (exact) mass is 206 g/mol. The molecule has 0 heterocycles. The molecule has 15 heavy (non-hydrogen) atoms. The van der Waals surface area contributed by atoms with Gasteiger partial charge < -0.3 is 0 Å². The van der Waals surface area contributed by atoms with Crippen molar-refractivity contribution >= 4 is 5.97 Å². The molecule has 4 heteroatoms. The Morgan fingerprint density at radius 2 is 2.20 bits per heavy atom. The molecule has 0 aromatic heterocycles. The van der Waals surface area contributed by atoms with Gasteiger partial charge in [-0.3, -0.25) is 4.84 Å². The summed E-state index contributed by atoms with van der Waals surface area (Å²) >= 11 is 0. The number of nitrogens with one attached hydrogen (secondary N) is 1. The van der Waals surface area contributed by atoms with Crippen molar-refractivity contribution in [1.29, 1.82) is 5.53 Å². The van der Waals surface area contributed by atoms with E-state index in [4.69, 9.17) is 5.53 Å². The zero-order chi connectivity index (χ0) is 11.1. The zero-order valence-corrected chi connectivity index (χ0v) is 8.69. The van der Waals surface area contributed by atoms with Gasteiger partial charge in [-0.1, -0.05) is 31.5 Å². The van der Waals surface area contributed by atoms with Crippen LogP contribution in [0.25, 0.3) is 0 Å². The van der Waals surface area contributed by atoms with Crippen LogP contribution in [0.5, 0.6) is 0 Å². The standard InChI is InChI=1S/C11H14N2O2/c1-2-3-6-9-7-4-5-8-10(9)11(14)15-13-12/h4-5,7-8,12H,2-3,6H2,1H3. The van der Waals surface area contributed by atoms with Crippen LogP contribution >= 0.6 is 0 Å². The molecule has 1 aromatic carbocycles. The summed E-state index contributed by atoms with van der Waals surface area (Å²) in [6, 6.07) is 7.25. The minimum Gasteiger partial charge on any atom is -0.295 e. The molecule has 0 saturated carbocycles. The Hall–Kier alpha value is -1.71. The quantitative estimate of drug-likeness (QED) is 0.594. The largest absolute Gasteiger partial charge is 0.367 e. The summed E-state index contributed by atoms with van der Waals surface area (Å²) in [6.45, 7) is 2.10. The zero-order valence-electron chi connectivity index (χ0n) is 8.69. The summed E-state index contributed by atoms with van der Waals surface area (Å²) in [7, 11) is 0. The van der Waals surface area contributed by atoms with Gasteiger partial charge in [-0.05, 0) is 24.5 Å². The van der Waals surface area contributed by atoms with Crippen LogP contribution in [0.2, 0.25) is 0 Å². The number of hydrogen-bond acceptors (Lipinski definition) is 4. The second kappa shape index (κ2) is 5.90. The topological polar surface area (TPSA) is 62.5 Å². The van der Waals surface area contributed by atoms with Crippen molar-refractivity contribution < 1.29 is 9.63 Å². The molecule has 0 fully saturated rings. The molecule has 1 aromatic rings. The van der Waals surface area contributed by atoms with Crippen LogP contribution in [0.4, 0.5) is 0 Å². The number of aryl methyl sites for hydroxylation is 1. The van der Waals surface area contributed by atoms with Crippen LogP contribution < -0.4 is 0 Å². The van der Waals surface area contributed by atoms with E-state index in [9.17, 15) is 4.79 Å². The smallest absolute Gasteiger partial charge is 0.295 e. The average molecular weight is 206 g/mol. The van der Waals surface area contributed by atoms with Gasteiger partial charge in [-0.15, -0.1) is 0 Å². The van der Waals surface area contributed by atoms with Gasteiger partial charge in [0.1, 0.15) is 0 Å². The van der Waals surface area contributed by atoms with E-state index in [1.807, 2.05) is 12.1 Å². The lowest BCUT2D eigenvalue weighted by Crippen LogP contribution is -2.04. The van der Waals surface area contributed by atoms with Gasteiger partial charge >= 0.3 is 5.97 Å². The maximum absolute atomic E-state index is 11.4. The summed E-state index contributed by atoms with van der Waals surface area (Å²) in [4.78, 5) is 15.7. The van der Waals surface area contributed by atoms with Gasteiger partial charge in [0.15, 0.2) is 0 Å². The normalized spacial score (nSPS) is 9.67. The van der Waals surface area contributed by atoms with Gasteiger partial charge in [-0.2, -0.15) is 5.53 Å². The molecule has 0 radical (unpaired) electrons. The Kier molecular flexibility index (Phi) is 4.47. The molecular formula is C11H14N2O2. The summed E-state index contributed by atoms with van der Waals surface area (Å²) in [5.74, 6) is -0.559. The van der Waals surface area contributed by atoms with Gasteiger partial charge in [0.25, 0.3) is 0 Å². The van der Waals surface area contributed by atoms with Crippen molar-refractivity contribution in [3.8, 4) is 0 Å². The summed E-state index contributed by atoms with van der Waals surface area (Å²) in [6.07, 6.45) is 2.95. The van der Waals surface area contributed by atoms with E-state index in [1.165, 1.54) is 0 Å². The molecule has 0 bridgehead atoms. The van der Waals surface area contributed by atoms with E-state index in [1.54, 1.807) is 12.1 Å². The van der Waals surface area contributed by atoms with Gasteiger partial charge in [0.05, 0.1) is 5.56 Å². The average Bonchev–Trinajstić information content (AvgIpc) is 2.27. The van der Waals surface area contributed by atoms with E-state index in [0.717, 1.165) is 24.8 Å². The first-order valence-electron chi connectivity index (χ1n) is 4.95.